The summed E-state index contributed by atoms with van der Waals surface area (Å²) in [5, 5.41) is 23.8. The quantitative estimate of drug-likeness (QED) is 0.542. The highest BCUT2D eigenvalue weighted by Gasteiger charge is 2.35. The van der Waals surface area contributed by atoms with Gasteiger partial charge in [-0.2, -0.15) is 23.7 Å². The summed E-state index contributed by atoms with van der Waals surface area (Å²) >= 11 is 0. The summed E-state index contributed by atoms with van der Waals surface area (Å²) in [6.07, 6.45) is -4.61. The van der Waals surface area contributed by atoms with E-state index in [4.69, 9.17) is 5.26 Å². The largest absolute Gasteiger partial charge is 0.450 e. The van der Waals surface area contributed by atoms with Crippen molar-refractivity contribution in [3.8, 4) is 12.1 Å². The van der Waals surface area contributed by atoms with Crippen LogP contribution in [0.15, 0.2) is 65.2 Å². The molecule has 6 nitrogen and oxygen atoms in total. The summed E-state index contributed by atoms with van der Waals surface area (Å²) in [5.74, 6) is 0. The lowest BCUT2D eigenvalue weighted by Gasteiger charge is -2.35. The summed E-state index contributed by atoms with van der Waals surface area (Å²) < 4.78 is 51.8. The van der Waals surface area contributed by atoms with E-state index in [0.29, 0.717) is 0 Å². The summed E-state index contributed by atoms with van der Waals surface area (Å²) in [6.45, 7) is 4.79. The zero-order valence-electron chi connectivity index (χ0n) is 16.5. The van der Waals surface area contributed by atoms with Crippen molar-refractivity contribution < 1.29 is 22.2 Å². The first-order chi connectivity index (χ1) is 15.1. The van der Waals surface area contributed by atoms with Crippen LogP contribution in [0.3, 0.4) is 0 Å². The molecule has 0 aromatic heterocycles. The molecule has 10 heteroatoms. The maximum absolute atomic E-state index is 13.1. The summed E-state index contributed by atoms with van der Waals surface area (Å²) in [4.78, 5) is 14.0. The number of allylic oxidation sites excluding steroid dienone is 1. The van der Waals surface area contributed by atoms with Gasteiger partial charge < -0.3 is 9.53 Å². The van der Waals surface area contributed by atoms with Gasteiger partial charge in [0.1, 0.15) is 0 Å². The van der Waals surface area contributed by atoms with Gasteiger partial charge in [0, 0.05) is 5.70 Å². The molecule has 32 heavy (non-hydrogen) atoms. The van der Waals surface area contributed by atoms with Gasteiger partial charge >= 0.3 is 12.2 Å². The van der Waals surface area contributed by atoms with Gasteiger partial charge in [0.2, 0.25) is 0 Å². The molecule has 2 aromatic rings. The SMILES string of the molecule is C=C=[S-](=O)c1cc(C#N)ccc1C1NC(=O)N(c2cccc(C(F)(F)F)c2)C(C)=C1C#N. The van der Waals surface area contributed by atoms with Crippen molar-refractivity contribution in [3.63, 3.8) is 0 Å². The average molecular weight is 455 g/mol. The van der Waals surface area contributed by atoms with E-state index in [9.17, 15) is 27.4 Å². The molecule has 0 saturated carbocycles. The second-order valence-corrected chi connectivity index (χ2v) is 7.92. The molecule has 3 rings (SSSR count). The van der Waals surface area contributed by atoms with E-state index in [1.54, 1.807) is 0 Å². The number of hydrogen-bond acceptors (Lipinski definition) is 5. The van der Waals surface area contributed by atoms with Gasteiger partial charge in [0.05, 0.1) is 40.6 Å². The van der Waals surface area contributed by atoms with Crippen molar-refractivity contribution in [2.75, 3.05) is 4.90 Å². The van der Waals surface area contributed by atoms with Gasteiger partial charge in [-0.15, -0.1) is 4.90 Å². The number of amides is 2. The third kappa shape index (κ3) is 4.10. The normalized spacial score (nSPS) is 16.3. The zero-order valence-corrected chi connectivity index (χ0v) is 17.3. The first kappa shape index (κ1) is 22.7. The molecule has 2 amide bonds. The van der Waals surface area contributed by atoms with Gasteiger partial charge in [0.15, 0.2) is 0 Å². The number of rotatable bonds is 3. The van der Waals surface area contributed by atoms with Gasteiger partial charge in [0.25, 0.3) is 0 Å². The molecule has 0 fully saturated rings. The zero-order chi connectivity index (χ0) is 23.6. The van der Waals surface area contributed by atoms with Crippen LogP contribution in [0.1, 0.15) is 29.7 Å². The molecule has 1 atom stereocenters. The van der Waals surface area contributed by atoms with Crippen molar-refractivity contribution in [3.05, 3.63) is 77.0 Å². The average Bonchev–Trinajstić information content (AvgIpc) is 2.77. The fraction of sp³-hybridized carbons (Fsp3) is 0.136. The predicted octanol–water partition coefficient (Wildman–Crippen LogP) is 4.56. The first-order valence-electron chi connectivity index (χ1n) is 8.99. The molecular formula is C22H14F3N4O2S-. The Morgan fingerprint density at radius 3 is 2.47 bits per heavy atom. The number of nitrogens with one attached hydrogen (secondary N) is 1. The van der Waals surface area contributed by atoms with Crippen LogP contribution in [0, 0.1) is 22.7 Å². The molecule has 0 aliphatic carbocycles. The number of urea groups is 1. The second kappa shape index (κ2) is 8.64. The van der Waals surface area contributed by atoms with E-state index < -0.39 is 34.2 Å². The minimum Gasteiger partial charge on any atom is -0.450 e. The lowest BCUT2D eigenvalue weighted by atomic mass is 9.94. The molecule has 1 aliphatic heterocycles. The lowest BCUT2D eigenvalue weighted by Crippen LogP contribution is -2.46. The minimum atomic E-state index is -4.61. The fourth-order valence-electron chi connectivity index (χ4n) is 3.33. The number of nitriles is 2. The van der Waals surface area contributed by atoms with Gasteiger partial charge in [-0.25, -0.2) is 20.2 Å². The standard InChI is InChI=1S/C22H14F3N4O2S/c1-3-32(31)19-9-14(11-26)7-8-17(19)20-18(12-27)13(2)29(21(30)28-20)16-6-4-5-15(10-16)22(23,24)25/h4-10,20H,1H2,2H3,(H,28,30)/q-1. The van der Waals surface area contributed by atoms with E-state index >= 15 is 0 Å². The van der Waals surface area contributed by atoms with Crippen LogP contribution in [-0.4, -0.2) is 11.1 Å². The highest BCUT2D eigenvalue weighted by molar-refractivity contribution is 7.83. The Labute approximate surface area is 183 Å². The number of anilines is 1. The third-order valence-corrected chi connectivity index (χ3v) is 5.84. The van der Waals surface area contributed by atoms with Gasteiger partial charge in [-0.1, -0.05) is 24.8 Å². The lowest BCUT2D eigenvalue weighted by molar-refractivity contribution is -0.137. The highest BCUT2D eigenvalue weighted by atomic mass is 32.2. The summed E-state index contributed by atoms with van der Waals surface area (Å²) in [5.41, 5.74) is -0.365. The Morgan fingerprint density at radius 1 is 1.16 bits per heavy atom. The molecule has 1 heterocycles. The van der Waals surface area contributed by atoms with E-state index in [1.165, 1.54) is 37.3 Å². The topological polar surface area (TPSA) is 97.0 Å². The number of halogens is 3. The summed E-state index contributed by atoms with van der Waals surface area (Å²) in [7, 11) is -1.85. The van der Waals surface area contributed by atoms with Crippen LogP contribution in [0.5, 0.6) is 0 Å². The van der Waals surface area contributed by atoms with E-state index in [2.05, 4.69) is 16.9 Å². The Balaban J connectivity index is 2.18. The van der Waals surface area contributed by atoms with Crippen LogP contribution in [0.2, 0.25) is 0 Å². The number of carbonyl (C=O) groups is 1. The Hall–Kier alpha value is -3.98. The highest BCUT2D eigenvalue weighted by Crippen LogP contribution is 2.37. The number of nitrogens with zero attached hydrogens (tertiary/aromatic N) is 3. The van der Waals surface area contributed by atoms with Crippen molar-refractivity contribution in [1.29, 1.82) is 10.5 Å². The van der Waals surface area contributed by atoms with Crippen molar-refractivity contribution in [2.24, 2.45) is 0 Å². The molecular weight excluding hydrogens is 441 g/mol. The van der Waals surface area contributed by atoms with Gasteiger partial charge in [-0.05, 0) is 36.8 Å². The Morgan fingerprint density at radius 2 is 1.88 bits per heavy atom. The van der Waals surface area contributed by atoms with Crippen LogP contribution in [-0.2, 0) is 20.8 Å². The van der Waals surface area contributed by atoms with Crippen LogP contribution < -0.4 is 10.2 Å². The maximum atomic E-state index is 13.1. The predicted molar refractivity (Wildman–Crippen MR) is 112 cm³/mol. The number of hydrogen-bond donors (Lipinski definition) is 1. The van der Waals surface area contributed by atoms with Crippen LogP contribution in [0.25, 0.3) is 0 Å². The fourth-order valence-corrected chi connectivity index (χ4v) is 4.12. The number of alkyl halides is 3. The van der Waals surface area contributed by atoms with Crippen molar-refractivity contribution in [1.82, 2.24) is 5.32 Å². The number of carbonyl (C=O) groups excluding carboxylic acids is 1. The van der Waals surface area contributed by atoms with Crippen molar-refractivity contribution >= 4 is 27.1 Å². The molecule has 0 saturated heterocycles. The monoisotopic (exact) mass is 455 g/mol. The van der Waals surface area contributed by atoms with E-state index in [-0.39, 0.29) is 33.0 Å². The van der Waals surface area contributed by atoms with Crippen molar-refractivity contribution in [2.45, 2.75) is 24.0 Å². The van der Waals surface area contributed by atoms with Gasteiger partial charge in [-0.3, -0.25) is 4.90 Å². The molecule has 0 spiro atoms. The minimum absolute atomic E-state index is 0.0361. The molecule has 1 N–H and O–H groups in total. The maximum Gasteiger partial charge on any atom is 0.416 e. The molecule has 1 aliphatic rings. The Bertz CT molecular complexity index is 1340. The molecule has 162 valence electrons. The van der Waals surface area contributed by atoms with Crippen LogP contribution in [0.4, 0.5) is 23.7 Å². The molecule has 1 unspecified atom stereocenters. The first-order valence-corrected chi connectivity index (χ1v) is 10.1. The van der Waals surface area contributed by atoms with Crippen LogP contribution >= 0.6 is 0 Å². The second-order valence-electron chi connectivity index (χ2n) is 6.65. The number of benzene rings is 2. The van der Waals surface area contributed by atoms with E-state index in [1.807, 2.05) is 12.1 Å². The molecule has 2 aromatic carbocycles. The third-order valence-electron chi connectivity index (χ3n) is 4.82. The Kier molecular flexibility index (Phi) is 6.13. The molecule has 0 bridgehead atoms. The molecule has 0 radical (unpaired) electrons. The summed E-state index contributed by atoms with van der Waals surface area (Å²) in [6, 6.07) is 10.5. The smallest absolute Gasteiger partial charge is 0.416 e. The van der Waals surface area contributed by atoms with E-state index in [0.717, 1.165) is 17.0 Å².